The van der Waals surface area contributed by atoms with Gasteiger partial charge in [0.2, 0.25) is 0 Å². The second-order valence-electron chi connectivity index (χ2n) is 3.63. The molecule has 0 radical (unpaired) electrons. The third kappa shape index (κ3) is 2.48. The summed E-state index contributed by atoms with van der Waals surface area (Å²) < 4.78 is 38.0. The SMILES string of the molecule is Nc1nccc(Br)c1-c1ccc(C(F)(F)F)cc1. The largest absolute Gasteiger partial charge is 0.416 e. The number of halogens is 4. The van der Waals surface area contributed by atoms with E-state index in [2.05, 4.69) is 20.9 Å². The molecule has 0 spiro atoms. The molecule has 6 heteroatoms. The second-order valence-corrected chi connectivity index (χ2v) is 4.48. The smallest absolute Gasteiger partial charge is 0.383 e. The van der Waals surface area contributed by atoms with E-state index >= 15 is 0 Å². The van der Waals surface area contributed by atoms with E-state index < -0.39 is 11.7 Å². The summed E-state index contributed by atoms with van der Waals surface area (Å²) in [6, 6.07) is 6.48. The summed E-state index contributed by atoms with van der Waals surface area (Å²) in [6.07, 6.45) is -2.82. The second kappa shape index (κ2) is 4.61. The summed E-state index contributed by atoms with van der Waals surface area (Å²) in [7, 11) is 0. The fraction of sp³-hybridized carbons (Fsp3) is 0.0833. The van der Waals surface area contributed by atoms with Crippen molar-refractivity contribution >= 4 is 21.7 Å². The molecule has 0 bridgehead atoms. The quantitative estimate of drug-likeness (QED) is 0.859. The first-order valence-electron chi connectivity index (χ1n) is 4.97. The number of aromatic nitrogens is 1. The molecule has 18 heavy (non-hydrogen) atoms. The molecule has 0 fully saturated rings. The first kappa shape index (κ1) is 12.9. The zero-order chi connectivity index (χ0) is 13.3. The van der Waals surface area contributed by atoms with E-state index in [4.69, 9.17) is 5.73 Å². The van der Waals surface area contributed by atoms with Crippen LogP contribution in [0.2, 0.25) is 0 Å². The fourth-order valence-corrected chi connectivity index (χ4v) is 2.12. The maximum absolute atomic E-state index is 12.4. The predicted octanol–water partition coefficient (Wildman–Crippen LogP) is 4.11. The lowest BCUT2D eigenvalue weighted by Crippen LogP contribution is -2.04. The van der Waals surface area contributed by atoms with Gasteiger partial charge in [0.15, 0.2) is 0 Å². The van der Waals surface area contributed by atoms with Gasteiger partial charge in [0, 0.05) is 16.2 Å². The molecule has 0 saturated carbocycles. The van der Waals surface area contributed by atoms with Gasteiger partial charge in [0.05, 0.1) is 5.56 Å². The first-order chi connectivity index (χ1) is 8.39. The molecule has 2 nitrogen and oxygen atoms in total. The molecule has 2 aromatic rings. The van der Waals surface area contributed by atoms with Crippen LogP contribution in [0.15, 0.2) is 41.0 Å². The number of nitrogens with zero attached hydrogens (tertiary/aromatic N) is 1. The average molecular weight is 317 g/mol. The lowest BCUT2D eigenvalue weighted by molar-refractivity contribution is -0.137. The summed E-state index contributed by atoms with van der Waals surface area (Å²) in [5, 5.41) is 0. The molecule has 94 valence electrons. The van der Waals surface area contributed by atoms with Crippen LogP contribution < -0.4 is 5.73 Å². The summed E-state index contributed by atoms with van der Waals surface area (Å²) in [5.74, 6) is 0.268. The lowest BCUT2D eigenvalue weighted by atomic mass is 10.0. The van der Waals surface area contributed by atoms with E-state index in [1.165, 1.54) is 18.3 Å². The Balaban J connectivity index is 2.47. The van der Waals surface area contributed by atoms with E-state index in [0.717, 1.165) is 12.1 Å². The third-order valence-electron chi connectivity index (χ3n) is 2.43. The van der Waals surface area contributed by atoms with Crippen molar-refractivity contribution in [2.45, 2.75) is 6.18 Å². The van der Waals surface area contributed by atoms with Crippen LogP contribution in [0.3, 0.4) is 0 Å². The van der Waals surface area contributed by atoms with Crippen LogP contribution in [-0.2, 0) is 6.18 Å². The number of nitrogens with two attached hydrogens (primary N) is 1. The first-order valence-corrected chi connectivity index (χ1v) is 5.76. The van der Waals surface area contributed by atoms with Gasteiger partial charge in [-0.25, -0.2) is 4.98 Å². The van der Waals surface area contributed by atoms with Crippen LogP contribution in [0, 0.1) is 0 Å². The van der Waals surface area contributed by atoms with Gasteiger partial charge in [-0.2, -0.15) is 13.2 Å². The molecule has 0 unspecified atom stereocenters. The molecule has 1 aromatic heterocycles. The number of benzene rings is 1. The summed E-state index contributed by atoms with van der Waals surface area (Å²) >= 11 is 3.30. The van der Waals surface area contributed by atoms with Crippen molar-refractivity contribution in [2.75, 3.05) is 5.73 Å². The van der Waals surface area contributed by atoms with E-state index in [1.807, 2.05) is 0 Å². The van der Waals surface area contributed by atoms with Crippen LogP contribution >= 0.6 is 15.9 Å². The minimum absolute atomic E-state index is 0.268. The molecule has 0 aliphatic rings. The molecule has 0 amide bonds. The van der Waals surface area contributed by atoms with E-state index in [9.17, 15) is 13.2 Å². The normalized spacial score (nSPS) is 11.6. The van der Waals surface area contributed by atoms with Crippen molar-refractivity contribution in [3.8, 4) is 11.1 Å². The number of alkyl halides is 3. The summed E-state index contributed by atoms with van der Waals surface area (Å²) in [4.78, 5) is 3.91. The highest BCUT2D eigenvalue weighted by atomic mass is 79.9. The molecule has 0 aliphatic heterocycles. The fourth-order valence-electron chi connectivity index (χ4n) is 1.56. The van der Waals surface area contributed by atoms with Gasteiger partial charge in [-0.1, -0.05) is 12.1 Å². The average Bonchev–Trinajstić information content (AvgIpc) is 2.28. The highest BCUT2D eigenvalue weighted by Crippen LogP contribution is 2.35. The Morgan fingerprint density at radius 3 is 2.17 bits per heavy atom. The van der Waals surface area contributed by atoms with Crippen molar-refractivity contribution in [3.63, 3.8) is 0 Å². The number of pyridine rings is 1. The Morgan fingerprint density at radius 2 is 1.67 bits per heavy atom. The van der Waals surface area contributed by atoms with Gasteiger partial charge in [0.25, 0.3) is 0 Å². The highest BCUT2D eigenvalue weighted by molar-refractivity contribution is 9.10. The van der Waals surface area contributed by atoms with Gasteiger partial charge in [-0.05, 0) is 39.7 Å². The van der Waals surface area contributed by atoms with Crippen molar-refractivity contribution in [2.24, 2.45) is 0 Å². The minimum Gasteiger partial charge on any atom is -0.383 e. The van der Waals surface area contributed by atoms with Crippen molar-refractivity contribution in [1.82, 2.24) is 4.98 Å². The van der Waals surface area contributed by atoms with Crippen LogP contribution in [0.1, 0.15) is 5.56 Å². The zero-order valence-corrected chi connectivity index (χ0v) is 10.6. The van der Waals surface area contributed by atoms with Crippen LogP contribution in [0.5, 0.6) is 0 Å². The number of hydrogen-bond acceptors (Lipinski definition) is 2. The van der Waals surface area contributed by atoms with Crippen LogP contribution in [-0.4, -0.2) is 4.98 Å². The Labute approximate surface area is 110 Å². The Hall–Kier alpha value is -1.56. The predicted molar refractivity (Wildman–Crippen MR) is 66.8 cm³/mol. The standard InChI is InChI=1S/C12H8BrF3N2/c13-9-5-6-18-11(17)10(9)7-1-3-8(4-2-7)12(14,15)16/h1-6H,(H2,17,18). The van der Waals surface area contributed by atoms with E-state index in [0.29, 0.717) is 15.6 Å². The van der Waals surface area contributed by atoms with E-state index in [-0.39, 0.29) is 5.82 Å². The molecular weight excluding hydrogens is 309 g/mol. The zero-order valence-electron chi connectivity index (χ0n) is 9.00. The van der Waals surface area contributed by atoms with Crippen molar-refractivity contribution in [1.29, 1.82) is 0 Å². The van der Waals surface area contributed by atoms with Crippen molar-refractivity contribution in [3.05, 3.63) is 46.6 Å². The maximum atomic E-state index is 12.4. The number of rotatable bonds is 1. The highest BCUT2D eigenvalue weighted by Gasteiger charge is 2.30. The lowest BCUT2D eigenvalue weighted by Gasteiger charge is -2.10. The van der Waals surface area contributed by atoms with Crippen LogP contribution in [0.4, 0.5) is 19.0 Å². The molecule has 0 saturated heterocycles. The Morgan fingerprint density at radius 1 is 1.06 bits per heavy atom. The Kier molecular flexibility index (Phi) is 3.30. The number of anilines is 1. The minimum atomic E-state index is -4.34. The van der Waals surface area contributed by atoms with Crippen LogP contribution in [0.25, 0.3) is 11.1 Å². The van der Waals surface area contributed by atoms with Gasteiger partial charge >= 0.3 is 6.18 Å². The summed E-state index contributed by atoms with van der Waals surface area (Å²) in [5.41, 5.74) is 6.20. The van der Waals surface area contributed by atoms with Gasteiger partial charge in [-0.3, -0.25) is 0 Å². The number of hydrogen-bond donors (Lipinski definition) is 1. The van der Waals surface area contributed by atoms with Gasteiger partial charge in [-0.15, -0.1) is 0 Å². The maximum Gasteiger partial charge on any atom is 0.416 e. The molecule has 0 aliphatic carbocycles. The Bertz CT molecular complexity index is 544. The monoisotopic (exact) mass is 316 g/mol. The molecule has 1 aromatic carbocycles. The molecule has 2 N–H and O–H groups in total. The van der Waals surface area contributed by atoms with Gasteiger partial charge in [0.1, 0.15) is 5.82 Å². The topological polar surface area (TPSA) is 38.9 Å². The molecule has 0 atom stereocenters. The third-order valence-corrected chi connectivity index (χ3v) is 3.09. The molecule has 1 heterocycles. The molecular formula is C12H8BrF3N2. The number of nitrogen functional groups attached to an aromatic ring is 1. The van der Waals surface area contributed by atoms with Gasteiger partial charge < -0.3 is 5.73 Å². The van der Waals surface area contributed by atoms with E-state index in [1.54, 1.807) is 6.07 Å². The molecule has 2 rings (SSSR count). The van der Waals surface area contributed by atoms with Crippen molar-refractivity contribution < 1.29 is 13.2 Å². The summed E-state index contributed by atoms with van der Waals surface area (Å²) in [6.45, 7) is 0.